The molecule has 2 aromatic rings. The molecule has 1 saturated heterocycles. The van der Waals surface area contributed by atoms with Gasteiger partial charge in [0.2, 0.25) is 5.88 Å². The van der Waals surface area contributed by atoms with Crippen LogP contribution in [0.15, 0.2) is 24.5 Å². The molecule has 3 rings (SSSR count). The van der Waals surface area contributed by atoms with E-state index in [9.17, 15) is 18.0 Å². The Morgan fingerprint density at radius 2 is 2.19 bits per heavy atom. The molecule has 140 valence electrons. The van der Waals surface area contributed by atoms with Gasteiger partial charge in [-0.1, -0.05) is 5.21 Å². The second-order valence-electron chi connectivity index (χ2n) is 5.82. The Kier molecular flexibility index (Phi) is 5.07. The van der Waals surface area contributed by atoms with Gasteiger partial charge < -0.3 is 15.4 Å². The maximum absolute atomic E-state index is 12.5. The summed E-state index contributed by atoms with van der Waals surface area (Å²) in [6, 6.07) is 2.08. The Morgan fingerprint density at radius 3 is 2.85 bits per heavy atom. The van der Waals surface area contributed by atoms with Crippen LogP contribution in [-0.4, -0.2) is 56.5 Å². The SMILES string of the molecule is NCCn1cc(C(=O)N2CCC(Oc3ccc(C(F)(F)F)cn3)C2)nn1. The molecule has 8 nitrogen and oxygen atoms in total. The van der Waals surface area contributed by atoms with Crippen molar-refractivity contribution in [2.45, 2.75) is 25.2 Å². The van der Waals surface area contributed by atoms with Crippen LogP contribution in [0.4, 0.5) is 13.2 Å². The number of nitrogens with two attached hydrogens (primary N) is 1. The number of amides is 1. The molecule has 0 saturated carbocycles. The largest absolute Gasteiger partial charge is 0.472 e. The summed E-state index contributed by atoms with van der Waals surface area (Å²) in [7, 11) is 0. The summed E-state index contributed by atoms with van der Waals surface area (Å²) in [4.78, 5) is 17.6. The van der Waals surface area contributed by atoms with Gasteiger partial charge in [-0.3, -0.25) is 9.48 Å². The molecule has 1 amide bonds. The molecule has 26 heavy (non-hydrogen) atoms. The van der Waals surface area contributed by atoms with Crippen molar-refractivity contribution in [3.8, 4) is 5.88 Å². The van der Waals surface area contributed by atoms with Crippen LogP contribution >= 0.6 is 0 Å². The highest BCUT2D eigenvalue weighted by molar-refractivity contribution is 5.92. The van der Waals surface area contributed by atoms with Gasteiger partial charge in [0.1, 0.15) is 6.10 Å². The van der Waals surface area contributed by atoms with E-state index in [0.29, 0.717) is 32.6 Å². The third kappa shape index (κ3) is 4.10. The number of aromatic nitrogens is 4. The Labute approximate surface area is 146 Å². The smallest absolute Gasteiger partial charge is 0.417 e. The van der Waals surface area contributed by atoms with E-state index in [1.54, 1.807) is 4.90 Å². The Hall–Kier alpha value is -2.69. The highest BCUT2D eigenvalue weighted by Gasteiger charge is 2.32. The van der Waals surface area contributed by atoms with Crippen LogP contribution in [0, 0.1) is 0 Å². The number of rotatable bonds is 5. The molecule has 0 spiro atoms. The van der Waals surface area contributed by atoms with Crippen LogP contribution in [0.2, 0.25) is 0 Å². The third-order valence-corrected chi connectivity index (χ3v) is 3.90. The second-order valence-corrected chi connectivity index (χ2v) is 5.82. The Bertz CT molecular complexity index is 761. The zero-order valence-electron chi connectivity index (χ0n) is 13.7. The maximum atomic E-state index is 12.5. The second kappa shape index (κ2) is 7.28. The highest BCUT2D eigenvalue weighted by atomic mass is 19.4. The molecule has 0 bridgehead atoms. The summed E-state index contributed by atoms with van der Waals surface area (Å²) < 4.78 is 44.7. The molecule has 1 aliphatic rings. The fourth-order valence-corrected chi connectivity index (χ4v) is 2.60. The number of likely N-dealkylation sites (tertiary alicyclic amines) is 1. The first kappa shape index (κ1) is 18.1. The third-order valence-electron chi connectivity index (χ3n) is 3.90. The average molecular weight is 370 g/mol. The molecule has 2 N–H and O–H groups in total. The van der Waals surface area contributed by atoms with E-state index in [4.69, 9.17) is 10.5 Å². The van der Waals surface area contributed by atoms with Crippen LogP contribution in [0.5, 0.6) is 5.88 Å². The predicted octanol–water partition coefficient (Wildman–Crippen LogP) is 0.944. The molecule has 3 heterocycles. The minimum absolute atomic E-state index is 0.0891. The number of hydrogen-bond acceptors (Lipinski definition) is 6. The molecular formula is C15H17F3N6O2. The number of ether oxygens (including phenoxy) is 1. The first-order chi connectivity index (χ1) is 12.4. The van der Waals surface area contributed by atoms with E-state index < -0.39 is 11.7 Å². The number of hydrogen-bond donors (Lipinski definition) is 1. The summed E-state index contributed by atoms with van der Waals surface area (Å²) in [5.74, 6) is -0.189. The molecule has 0 aromatic carbocycles. The van der Waals surface area contributed by atoms with Gasteiger partial charge in [-0.15, -0.1) is 5.10 Å². The van der Waals surface area contributed by atoms with Crippen LogP contribution in [0.1, 0.15) is 22.5 Å². The van der Waals surface area contributed by atoms with Crippen molar-refractivity contribution in [1.82, 2.24) is 24.9 Å². The van der Waals surface area contributed by atoms with Crippen LogP contribution in [0.3, 0.4) is 0 Å². The lowest BCUT2D eigenvalue weighted by atomic mass is 10.3. The van der Waals surface area contributed by atoms with Crippen molar-refractivity contribution in [2.75, 3.05) is 19.6 Å². The molecule has 1 aliphatic heterocycles. The first-order valence-electron chi connectivity index (χ1n) is 7.96. The average Bonchev–Trinajstić information content (AvgIpc) is 3.24. The zero-order chi connectivity index (χ0) is 18.7. The number of halogens is 3. The molecule has 1 fully saturated rings. The van der Waals surface area contributed by atoms with Crippen molar-refractivity contribution >= 4 is 5.91 Å². The predicted molar refractivity (Wildman–Crippen MR) is 83.3 cm³/mol. The molecular weight excluding hydrogens is 353 g/mol. The van der Waals surface area contributed by atoms with Crippen molar-refractivity contribution < 1.29 is 22.7 Å². The lowest BCUT2D eigenvalue weighted by molar-refractivity contribution is -0.137. The number of carbonyl (C=O) groups excluding carboxylic acids is 1. The summed E-state index contributed by atoms with van der Waals surface area (Å²) in [6.07, 6.45) is -1.99. The van der Waals surface area contributed by atoms with Crippen LogP contribution in [0.25, 0.3) is 0 Å². The summed E-state index contributed by atoms with van der Waals surface area (Å²) >= 11 is 0. The molecule has 0 radical (unpaired) electrons. The number of pyridine rings is 1. The van der Waals surface area contributed by atoms with Gasteiger partial charge in [0, 0.05) is 31.8 Å². The van der Waals surface area contributed by atoms with E-state index in [0.717, 1.165) is 12.3 Å². The van der Waals surface area contributed by atoms with Crippen molar-refractivity contribution in [3.63, 3.8) is 0 Å². The molecule has 11 heteroatoms. The molecule has 1 atom stereocenters. The van der Waals surface area contributed by atoms with Crippen molar-refractivity contribution in [1.29, 1.82) is 0 Å². The number of alkyl halides is 3. The normalized spacial score (nSPS) is 17.5. The maximum Gasteiger partial charge on any atom is 0.417 e. The van der Waals surface area contributed by atoms with E-state index in [1.165, 1.54) is 16.9 Å². The molecule has 2 aromatic heterocycles. The lowest BCUT2D eigenvalue weighted by Crippen LogP contribution is -2.31. The zero-order valence-corrected chi connectivity index (χ0v) is 13.7. The molecule has 0 aliphatic carbocycles. The summed E-state index contributed by atoms with van der Waals surface area (Å²) in [6.45, 7) is 1.60. The fraction of sp³-hybridized carbons (Fsp3) is 0.467. The number of nitrogens with zero attached hydrogens (tertiary/aromatic N) is 5. The van der Waals surface area contributed by atoms with E-state index in [-0.39, 0.29) is 23.6 Å². The van der Waals surface area contributed by atoms with E-state index >= 15 is 0 Å². The highest BCUT2D eigenvalue weighted by Crippen LogP contribution is 2.29. The first-order valence-corrected chi connectivity index (χ1v) is 7.96. The van der Waals surface area contributed by atoms with Gasteiger partial charge in [-0.25, -0.2) is 4.98 Å². The topological polar surface area (TPSA) is 99.2 Å². The van der Waals surface area contributed by atoms with Gasteiger partial charge >= 0.3 is 6.18 Å². The lowest BCUT2D eigenvalue weighted by Gasteiger charge is -2.16. The summed E-state index contributed by atoms with van der Waals surface area (Å²) in [5, 5.41) is 7.65. The monoisotopic (exact) mass is 370 g/mol. The van der Waals surface area contributed by atoms with Crippen molar-refractivity contribution in [2.24, 2.45) is 5.73 Å². The van der Waals surface area contributed by atoms with Gasteiger partial charge in [0.15, 0.2) is 5.69 Å². The summed E-state index contributed by atoms with van der Waals surface area (Å²) in [5.41, 5.74) is 4.80. The van der Waals surface area contributed by atoms with Crippen molar-refractivity contribution in [3.05, 3.63) is 35.8 Å². The van der Waals surface area contributed by atoms with Gasteiger partial charge in [0.05, 0.1) is 24.8 Å². The molecule has 1 unspecified atom stereocenters. The fourth-order valence-electron chi connectivity index (χ4n) is 2.60. The number of carbonyl (C=O) groups is 1. The van der Waals surface area contributed by atoms with Gasteiger partial charge in [-0.2, -0.15) is 13.2 Å². The Morgan fingerprint density at radius 1 is 1.38 bits per heavy atom. The minimum Gasteiger partial charge on any atom is -0.472 e. The standard InChI is InChI=1S/C15H17F3N6O2/c16-15(17,18)10-1-2-13(20-7-10)26-11-3-5-23(8-11)14(25)12-9-24(6-4-19)22-21-12/h1-2,7,9,11H,3-6,8,19H2. The van der Waals surface area contributed by atoms with Crippen LogP contribution in [-0.2, 0) is 12.7 Å². The van der Waals surface area contributed by atoms with Gasteiger partial charge in [0.25, 0.3) is 5.91 Å². The van der Waals surface area contributed by atoms with E-state index in [2.05, 4.69) is 15.3 Å². The van der Waals surface area contributed by atoms with Crippen LogP contribution < -0.4 is 10.5 Å². The Balaban J connectivity index is 1.57. The van der Waals surface area contributed by atoms with Gasteiger partial charge in [-0.05, 0) is 6.07 Å². The minimum atomic E-state index is -4.44. The quantitative estimate of drug-likeness (QED) is 0.841. The van der Waals surface area contributed by atoms with E-state index in [1.807, 2.05) is 0 Å².